The van der Waals surface area contributed by atoms with Gasteiger partial charge in [-0.1, -0.05) is 0 Å². The van der Waals surface area contributed by atoms with E-state index in [1.54, 1.807) is 6.07 Å². The van der Waals surface area contributed by atoms with Crippen LogP contribution in [0.5, 0.6) is 0 Å². The minimum atomic E-state index is -4.09. The Balaban J connectivity index is 0.00000121. The van der Waals surface area contributed by atoms with E-state index >= 15 is 0 Å². The zero-order valence-corrected chi connectivity index (χ0v) is 6.41. The van der Waals surface area contributed by atoms with Gasteiger partial charge in [-0.15, -0.1) is 0 Å². The Labute approximate surface area is 68.3 Å². The molecular formula is C7H10F3NO. The lowest BCUT2D eigenvalue weighted by Gasteiger charge is -2.16. The molecule has 0 bridgehead atoms. The van der Waals surface area contributed by atoms with Crippen molar-refractivity contribution in [2.24, 2.45) is 5.41 Å². The first-order valence-corrected chi connectivity index (χ1v) is 3.45. The molecule has 1 saturated carbocycles. The van der Waals surface area contributed by atoms with E-state index in [1.807, 2.05) is 0 Å². The van der Waals surface area contributed by atoms with Crippen LogP contribution in [0.4, 0.5) is 13.2 Å². The quantitative estimate of drug-likeness (QED) is 0.640. The molecule has 70 valence electrons. The van der Waals surface area contributed by atoms with Crippen molar-refractivity contribution in [1.29, 1.82) is 5.26 Å². The van der Waals surface area contributed by atoms with Crippen LogP contribution in [0.25, 0.3) is 0 Å². The molecule has 0 aromatic rings. The zero-order chi connectivity index (χ0) is 8.54. The van der Waals surface area contributed by atoms with Gasteiger partial charge in [0.15, 0.2) is 0 Å². The molecule has 1 fully saturated rings. The molecule has 0 saturated heterocycles. The highest BCUT2D eigenvalue weighted by molar-refractivity contribution is 5.00. The van der Waals surface area contributed by atoms with Gasteiger partial charge in [0.25, 0.3) is 0 Å². The summed E-state index contributed by atoms with van der Waals surface area (Å²) in [5, 5.41) is 8.11. The molecule has 0 aromatic carbocycles. The Kier molecular flexibility index (Phi) is 3.10. The summed E-state index contributed by atoms with van der Waals surface area (Å²) in [4.78, 5) is 0. The van der Waals surface area contributed by atoms with Crippen molar-refractivity contribution in [3.05, 3.63) is 0 Å². The average molecular weight is 181 g/mol. The van der Waals surface area contributed by atoms with Crippen LogP contribution in [0, 0.1) is 16.7 Å². The Morgan fingerprint density at radius 1 is 1.33 bits per heavy atom. The first-order valence-electron chi connectivity index (χ1n) is 3.45. The summed E-state index contributed by atoms with van der Waals surface area (Å²) in [6, 6.07) is 1.74. The van der Waals surface area contributed by atoms with E-state index in [2.05, 4.69) is 0 Å². The lowest BCUT2D eigenvalue weighted by molar-refractivity contribution is -0.188. The van der Waals surface area contributed by atoms with Gasteiger partial charge in [0, 0.05) is 6.42 Å². The van der Waals surface area contributed by atoms with Crippen LogP contribution in [-0.2, 0) is 0 Å². The fourth-order valence-corrected chi connectivity index (χ4v) is 1.12. The summed E-state index contributed by atoms with van der Waals surface area (Å²) < 4.78 is 36.3. The predicted molar refractivity (Wildman–Crippen MR) is 36.2 cm³/mol. The van der Waals surface area contributed by atoms with E-state index in [1.165, 1.54) is 0 Å². The van der Waals surface area contributed by atoms with E-state index in [0.29, 0.717) is 0 Å². The van der Waals surface area contributed by atoms with Crippen LogP contribution in [0.15, 0.2) is 0 Å². The van der Waals surface area contributed by atoms with Gasteiger partial charge in [0.1, 0.15) is 0 Å². The van der Waals surface area contributed by atoms with Crippen molar-refractivity contribution in [3.63, 3.8) is 0 Å². The van der Waals surface area contributed by atoms with Gasteiger partial charge < -0.3 is 5.48 Å². The van der Waals surface area contributed by atoms with Gasteiger partial charge in [0.05, 0.1) is 11.5 Å². The number of alkyl halides is 3. The van der Waals surface area contributed by atoms with Gasteiger partial charge in [-0.25, -0.2) is 0 Å². The third kappa shape index (κ3) is 1.89. The lowest BCUT2D eigenvalue weighted by atomic mass is 10.0. The van der Waals surface area contributed by atoms with E-state index < -0.39 is 11.6 Å². The molecule has 1 aliphatic carbocycles. The molecule has 0 spiro atoms. The van der Waals surface area contributed by atoms with Crippen LogP contribution in [0.1, 0.15) is 25.7 Å². The Hall–Kier alpha value is -0.760. The molecule has 5 heteroatoms. The fraction of sp³-hybridized carbons (Fsp3) is 0.857. The average Bonchev–Trinajstić information content (AvgIpc) is 2.61. The van der Waals surface area contributed by atoms with E-state index in [-0.39, 0.29) is 31.2 Å². The summed E-state index contributed by atoms with van der Waals surface area (Å²) >= 11 is 0. The molecule has 0 aromatic heterocycles. The molecule has 0 unspecified atom stereocenters. The van der Waals surface area contributed by atoms with Crippen LogP contribution >= 0.6 is 0 Å². The molecule has 2 nitrogen and oxygen atoms in total. The van der Waals surface area contributed by atoms with Gasteiger partial charge in [0.2, 0.25) is 0 Å². The minimum Gasteiger partial charge on any atom is -0.412 e. The molecule has 0 aliphatic heterocycles. The Bertz CT molecular complexity index is 190. The van der Waals surface area contributed by atoms with Crippen molar-refractivity contribution >= 4 is 0 Å². The second-order valence-corrected chi connectivity index (χ2v) is 2.94. The zero-order valence-electron chi connectivity index (χ0n) is 6.41. The number of nitrogens with zero attached hydrogens (tertiary/aromatic N) is 1. The normalized spacial score (nSPS) is 19.2. The van der Waals surface area contributed by atoms with Crippen LogP contribution in [0.2, 0.25) is 0 Å². The molecule has 0 heterocycles. The number of nitriles is 1. The highest BCUT2D eigenvalue weighted by Gasteiger charge is 2.62. The maximum atomic E-state index is 12.1. The lowest BCUT2D eigenvalue weighted by Crippen LogP contribution is -2.24. The SMILES string of the molecule is N#CCCC1(C(F)(F)F)CC1.O. The smallest absolute Gasteiger partial charge is 0.394 e. The van der Waals surface area contributed by atoms with Crippen LogP contribution in [0.3, 0.4) is 0 Å². The highest BCUT2D eigenvalue weighted by atomic mass is 19.4. The monoisotopic (exact) mass is 181 g/mol. The number of hydrogen-bond acceptors (Lipinski definition) is 1. The number of halogens is 3. The molecule has 2 N–H and O–H groups in total. The van der Waals surface area contributed by atoms with E-state index in [0.717, 1.165) is 0 Å². The molecule has 0 amide bonds. The fourth-order valence-electron chi connectivity index (χ4n) is 1.12. The van der Waals surface area contributed by atoms with Crippen molar-refractivity contribution in [3.8, 4) is 6.07 Å². The van der Waals surface area contributed by atoms with Gasteiger partial charge in [-0.2, -0.15) is 18.4 Å². The minimum absolute atomic E-state index is 0. The molecule has 0 atom stereocenters. The summed E-state index contributed by atoms with van der Waals surface area (Å²) in [7, 11) is 0. The third-order valence-corrected chi connectivity index (χ3v) is 2.17. The van der Waals surface area contributed by atoms with Crippen LogP contribution < -0.4 is 0 Å². The standard InChI is InChI=1S/C7H8F3N.H2O/c8-7(9,10)6(3-4-6)2-1-5-11;/h1-4H2;1H2. The Morgan fingerprint density at radius 3 is 2.08 bits per heavy atom. The van der Waals surface area contributed by atoms with Crippen molar-refractivity contribution in [1.82, 2.24) is 0 Å². The van der Waals surface area contributed by atoms with Gasteiger partial charge >= 0.3 is 6.18 Å². The highest BCUT2D eigenvalue weighted by Crippen LogP contribution is 2.60. The third-order valence-electron chi connectivity index (χ3n) is 2.17. The Morgan fingerprint density at radius 2 is 1.83 bits per heavy atom. The van der Waals surface area contributed by atoms with Gasteiger partial charge in [-0.3, -0.25) is 0 Å². The summed E-state index contributed by atoms with van der Waals surface area (Å²) in [5.41, 5.74) is -1.48. The van der Waals surface area contributed by atoms with Crippen LogP contribution in [-0.4, -0.2) is 11.7 Å². The summed E-state index contributed by atoms with van der Waals surface area (Å²) in [5.74, 6) is 0. The topological polar surface area (TPSA) is 55.3 Å². The number of hydrogen-bond donors (Lipinski definition) is 0. The second-order valence-electron chi connectivity index (χ2n) is 2.94. The number of rotatable bonds is 2. The predicted octanol–water partition coefficient (Wildman–Crippen LogP) is 1.81. The molecule has 1 aliphatic rings. The van der Waals surface area contributed by atoms with Crippen molar-refractivity contribution < 1.29 is 18.6 Å². The second kappa shape index (κ2) is 3.31. The maximum Gasteiger partial charge on any atom is 0.394 e. The maximum absolute atomic E-state index is 12.1. The van der Waals surface area contributed by atoms with E-state index in [9.17, 15) is 13.2 Å². The summed E-state index contributed by atoms with van der Waals surface area (Å²) in [6.07, 6.45) is -3.69. The molecular weight excluding hydrogens is 171 g/mol. The van der Waals surface area contributed by atoms with E-state index in [4.69, 9.17) is 5.26 Å². The largest absolute Gasteiger partial charge is 0.412 e. The molecule has 0 radical (unpaired) electrons. The molecule has 12 heavy (non-hydrogen) atoms. The van der Waals surface area contributed by atoms with Crippen molar-refractivity contribution in [2.75, 3.05) is 0 Å². The first-order chi connectivity index (χ1) is 5.02. The first kappa shape index (κ1) is 11.2. The summed E-state index contributed by atoms with van der Waals surface area (Å²) in [6.45, 7) is 0. The van der Waals surface area contributed by atoms with Gasteiger partial charge in [-0.05, 0) is 19.3 Å². The van der Waals surface area contributed by atoms with Crippen molar-refractivity contribution in [2.45, 2.75) is 31.9 Å². The molecule has 1 rings (SSSR count).